The first-order valence-corrected chi connectivity index (χ1v) is 9.25. The summed E-state index contributed by atoms with van der Waals surface area (Å²) < 4.78 is 2.07. The molecule has 1 N–H and O–H groups in total. The third kappa shape index (κ3) is 3.41. The van der Waals surface area contributed by atoms with Crippen molar-refractivity contribution in [3.05, 3.63) is 36.0 Å². The highest BCUT2D eigenvalue weighted by molar-refractivity contribution is 5.85. The quantitative estimate of drug-likeness (QED) is 0.930. The molecule has 1 aromatic carbocycles. The van der Waals surface area contributed by atoms with Crippen molar-refractivity contribution in [1.29, 1.82) is 0 Å². The minimum Gasteiger partial charge on any atom is -0.353 e. The van der Waals surface area contributed by atoms with Crippen molar-refractivity contribution in [1.82, 2.24) is 14.8 Å². The van der Waals surface area contributed by atoms with E-state index in [-0.39, 0.29) is 17.7 Å². The van der Waals surface area contributed by atoms with Crippen molar-refractivity contribution in [2.24, 2.45) is 5.92 Å². The van der Waals surface area contributed by atoms with Gasteiger partial charge in [-0.2, -0.15) is 0 Å². The van der Waals surface area contributed by atoms with Gasteiger partial charge in [0.05, 0.1) is 5.92 Å². The first-order chi connectivity index (χ1) is 12.1. The van der Waals surface area contributed by atoms with E-state index in [1.54, 1.807) is 0 Å². The maximum Gasteiger partial charge on any atom is 0.242 e. The number of hydrogen-bond acceptors (Lipinski definition) is 2. The lowest BCUT2D eigenvalue weighted by atomic mass is 9.97. The molecule has 132 valence electrons. The van der Waals surface area contributed by atoms with Gasteiger partial charge >= 0.3 is 0 Å². The predicted octanol–water partition coefficient (Wildman–Crippen LogP) is 2.47. The second-order valence-electron chi connectivity index (χ2n) is 7.39. The summed E-state index contributed by atoms with van der Waals surface area (Å²) in [5, 5.41) is 4.24. The fourth-order valence-electron chi connectivity index (χ4n) is 3.76. The number of likely N-dealkylation sites (tertiary alicyclic amines) is 1. The predicted molar refractivity (Wildman–Crippen MR) is 97.1 cm³/mol. The van der Waals surface area contributed by atoms with Crippen molar-refractivity contribution < 1.29 is 9.59 Å². The van der Waals surface area contributed by atoms with Gasteiger partial charge in [0, 0.05) is 30.3 Å². The molecule has 4 rings (SSSR count). The first kappa shape index (κ1) is 16.2. The fourth-order valence-corrected chi connectivity index (χ4v) is 3.76. The van der Waals surface area contributed by atoms with Gasteiger partial charge in [0.1, 0.15) is 6.54 Å². The molecule has 1 atom stereocenters. The Balaban J connectivity index is 1.44. The van der Waals surface area contributed by atoms with Crippen LogP contribution in [-0.2, 0) is 16.1 Å². The number of carbonyl (C=O) groups is 2. The number of carbonyl (C=O) groups excluding carboxylic acids is 2. The van der Waals surface area contributed by atoms with E-state index >= 15 is 0 Å². The Morgan fingerprint density at radius 1 is 1.20 bits per heavy atom. The highest BCUT2D eigenvalue weighted by Gasteiger charge is 2.32. The topological polar surface area (TPSA) is 54.3 Å². The Hall–Kier alpha value is -2.30. The van der Waals surface area contributed by atoms with Crippen LogP contribution >= 0.6 is 0 Å². The van der Waals surface area contributed by atoms with Crippen LogP contribution in [0.3, 0.4) is 0 Å². The molecular weight excluding hydrogens is 314 g/mol. The van der Waals surface area contributed by atoms with Gasteiger partial charge in [0.25, 0.3) is 0 Å². The SMILES string of the molecule is Cc1cc2ccccc2n1CC(=O)N1CCC[C@@H](C(=O)NC2CC2)C1. The lowest BCUT2D eigenvalue weighted by Gasteiger charge is -2.32. The Kier molecular flexibility index (Phi) is 4.24. The van der Waals surface area contributed by atoms with E-state index in [9.17, 15) is 9.59 Å². The molecule has 2 amide bonds. The Bertz CT molecular complexity index is 806. The van der Waals surface area contributed by atoms with E-state index in [1.807, 2.05) is 24.0 Å². The molecular formula is C20H25N3O2. The van der Waals surface area contributed by atoms with Crippen LogP contribution < -0.4 is 5.32 Å². The average molecular weight is 339 g/mol. The van der Waals surface area contributed by atoms with E-state index in [0.717, 1.165) is 48.8 Å². The third-order valence-corrected chi connectivity index (χ3v) is 5.38. The zero-order valence-electron chi connectivity index (χ0n) is 14.7. The highest BCUT2D eigenvalue weighted by atomic mass is 16.2. The molecule has 1 aliphatic heterocycles. The smallest absolute Gasteiger partial charge is 0.242 e. The van der Waals surface area contributed by atoms with Crippen molar-refractivity contribution in [2.45, 2.75) is 45.2 Å². The van der Waals surface area contributed by atoms with Crippen LogP contribution in [-0.4, -0.2) is 40.4 Å². The third-order valence-electron chi connectivity index (χ3n) is 5.38. The Morgan fingerprint density at radius 2 is 2.00 bits per heavy atom. The standard InChI is InChI=1S/C20H25N3O2/c1-14-11-15-5-2-3-7-18(15)23(14)13-19(24)22-10-4-6-16(12-22)20(25)21-17-8-9-17/h2-3,5,7,11,16-17H,4,6,8-10,12-13H2,1H3,(H,21,25)/t16-/m1/s1. The summed E-state index contributed by atoms with van der Waals surface area (Å²) in [7, 11) is 0. The number of aromatic nitrogens is 1. The Morgan fingerprint density at radius 3 is 2.80 bits per heavy atom. The summed E-state index contributed by atoms with van der Waals surface area (Å²) in [6, 6.07) is 10.6. The molecule has 2 aliphatic rings. The molecule has 2 fully saturated rings. The van der Waals surface area contributed by atoms with Gasteiger partial charge in [-0.1, -0.05) is 18.2 Å². The number of rotatable bonds is 4. The van der Waals surface area contributed by atoms with Gasteiger partial charge in [-0.3, -0.25) is 9.59 Å². The van der Waals surface area contributed by atoms with Gasteiger partial charge in [-0.25, -0.2) is 0 Å². The van der Waals surface area contributed by atoms with Crippen molar-refractivity contribution in [3.8, 4) is 0 Å². The summed E-state index contributed by atoms with van der Waals surface area (Å²) >= 11 is 0. The van der Waals surface area contributed by atoms with Gasteiger partial charge in [-0.05, 0) is 50.1 Å². The minimum absolute atomic E-state index is 0.0548. The van der Waals surface area contributed by atoms with E-state index in [2.05, 4.69) is 28.1 Å². The second-order valence-corrected chi connectivity index (χ2v) is 7.39. The lowest BCUT2D eigenvalue weighted by Crippen LogP contribution is -2.46. The number of hydrogen-bond donors (Lipinski definition) is 1. The maximum absolute atomic E-state index is 12.8. The number of nitrogens with zero attached hydrogens (tertiary/aromatic N) is 2. The lowest BCUT2D eigenvalue weighted by molar-refractivity contribution is -0.136. The van der Waals surface area contributed by atoms with E-state index in [4.69, 9.17) is 0 Å². The van der Waals surface area contributed by atoms with Gasteiger partial charge in [-0.15, -0.1) is 0 Å². The van der Waals surface area contributed by atoms with E-state index in [1.165, 1.54) is 0 Å². The van der Waals surface area contributed by atoms with Gasteiger partial charge in [0.15, 0.2) is 0 Å². The first-order valence-electron chi connectivity index (χ1n) is 9.25. The normalized spacial score (nSPS) is 20.7. The van der Waals surface area contributed by atoms with Crippen LogP contribution in [0.4, 0.5) is 0 Å². The van der Waals surface area contributed by atoms with Crippen LogP contribution in [0.25, 0.3) is 10.9 Å². The molecule has 1 saturated carbocycles. The molecule has 1 saturated heterocycles. The van der Waals surface area contributed by atoms with Gasteiger partial charge in [0.2, 0.25) is 11.8 Å². The molecule has 5 heteroatoms. The summed E-state index contributed by atoms with van der Waals surface area (Å²) in [6.07, 6.45) is 3.98. The number of aryl methyl sites for hydroxylation is 1. The van der Waals surface area contributed by atoms with Crippen LogP contribution in [0, 0.1) is 12.8 Å². The molecule has 2 aromatic rings. The maximum atomic E-state index is 12.8. The number of para-hydroxylation sites is 1. The molecule has 1 aliphatic carbocycles. The fraction of sp³-hybridized carbons (Fsp3) is 0.500. The molecule has 2 heterocycles. The molecule has 0 spiro atoms. The van der Waals surface area contributed by atoms with Crippen molar-refractivity contribution in [3.63, 3.8) is 0 Å². The monoisotopic (exact) mass is 339 g/mol. The minimum atomic E-state index is -0.0548. The summed E-state index contributed by atoms with van der Waals surface area (Å²) in [5.74, 6) is 0.178. The second kappa shape index (κ2) is 6.54. The van der Waals surface area contributed by atoms with Crippen LogP contribution in [0.15, 0.2) is 30.3 Å². The zero-order chi connectivity index (χ0) is 17.4. The molecule has 0 unspecified atom stereocenters. The average Bonchev–Trinajstić information content (AvgIpc) is 3.38. The number of nitrogens with one attached hydrogen (secondary N) is 1. The molecule has 0 bridgehead atoms. The number of piperidine rings is 1. The van der Waals surface area contributed by atoms with E-state index in [0.29, 0.717) is 19.1 Å². The van der Waals surface area contributed by atoms with E-state index < -0.39 is 0 Å². The number of benzene rings is 1. The molecule has 0 radical (unpaired) electrons. The van der Waals surface area contributed by atoms with Crippen LogP contribution in [0.2, 0.25) is 0 Å². The van der Waals surface area contributed by atoms with Crippen LogP contribution in [0.5, 0.6) is 0 Å². The Labute approximate surface area is 148 Å². The molecule has 1 aromatic heterocycles. The largest absolute Gasteiger partial charge is 0.353 e. The van der Waals surface area contributed by atoms with Crippen molar-refractivity contribution >= 4 is 22.7 Å². The highest BCUT2D eigenvalue weighted by Crippen LogP contribution is 2.23. The summed E-state index contributed by atoms with van der Waals surface area (Å²) in [6.45, 7) is 3.69. The number of fused-ring (bicyclic) bond motifs is 1. The summed E-state index contributed by atoms with van der Waals surface area (Å²) in [5.41, 5.74) is 2.18. The van der Waals surface area contributed by atoms with Gasteiger partial charge < -0.3 is 14.8 Å². The summed E-state index contributed by atoms with van der Waals surface area (Å²) in [4.78, 5) is 27.0. The van der Waals surface area contributed by atoms with Crippen LogP contribution in [0.1, 0.15) is 31.4 Å². The molecule has 5 nitrogen and oxygen atoms in total. The number of amides is 2. The zero-order valence-corrected chi connectivity index (χ0v) is 14.7. The molecule has 25 heavy (non-hydrogen) atoms. The van der Waals surface area contributed by atoms with Crippen molar-refractivity contribution in [2.75, 3.05) is 13.1 Å².